The van der Waals surface area contributed by atoms with E-state index in [4.69, 9.17) is 6.58 Å². The summed E-state index contributed by atoms with van der Waals surface area (Å²) in [6.45, 7) is 11.6. The Morgan fingerprint density at radius 3 is 1.29 bits per heavy atom. The van der Waals surface area contributed by atoms with Crippen molar-refractivity contribution in [2.75, 3.05) is 0 Å². The minimum absolute atomic E-state index is 0. The molecule has 4 aliphatic carbocycles. The van der Waals surface area contributed by atoms with E-state index in [1.165, 1.54) is 52.9 Å². The van der Waals surface area contributed by atoms with Gasteiger partial charge in [-0.05, 0) is 99.0 Å². The van der Waals surface area contributed by atoms with Crippen molar-refractivity contribution in [2.45, 2.75) is 134 Å². The molecule has 214 valence electrons. The first-order chi connectivity index (χ1) is 17.0. The Bertz CT molecular complexity index is 709. The summed E-state index contributed by atoms with van der Waals surface area (Å²) in [5, 5.41) is 0. The van der Waals surface area contributed by atoms with E-state index in [-0.39, 0.29) is 44.3 Å². The zero-order valence-corrected chi connectivity index (χ0v) is 28.2. The van der Waals surface area contributed by atoms with Crippen LogP contribution in [-0.4, -0.2) is 17.0 Å². The predicted octanol–water partition coefficient (Wildman–Crippen LogP) is 7.98. The first-order valence-corrected chi connectivity index (χ1v) is 16.1. The zero-order valence-electron chi connectivity index (χ0n) is 24.0. The molecule has 4 aliphatic rings. The van der Waals surface area contributed by atoms with Gasteiger partial charge in [0.05, 0.1) is 0 Å². The van der Waals surface area contributed by atoms with Crippen molar-refractivity contribution in [1.82, 2.24) is 0 Å². The molecule has 3 saturated carbocycles. The molecule has 3 fully saturated rings. The van der Waals surface area contributed by atoms with E-state index in [1.807, 2.05) is 30.7 Å². The Morgan fingerprint density at radius 1 is 0.684 bits per heavy atom. The molecular weight excluding hydrogens is 611 g/mol. The fraction of sp³-hybridized carbons (Fsp3) is 0.618. The quantitative estimate of drug-likeness (QED) is 0.175. The average Bonchev–Trinajstić information content (AvgIpc) is 2.87. The Kier molecular flexibility index (Phi) is 21.5. The molecule has 2 radical (unpaired) electrons. The van der Waals surface area contributed by atoms with Crippen LogP contribution in [0.3, 0.4) is 0 Å². The van der Waals surface area contributed by atoms with E-state index in [9.17, 15) is 0 Å². The smallest absolute Gasteiger partial charge is 1.00 e. The van der Waals surface area contributed by atoms with E-state index >= 15 is 0 Å². The maximum absolute atomic E-state index is 5.36. The van der Waals surface area contributed by atoms with Crippen LogP contribution in [0.25, 0.3) is 0 Å². The van der Waals surface area contributed by atoms with E-state index in [1.54, 1.807) is 77.0 Å². The van der Waals surface area contributed by atoms with Crippen molar-refractivity contribution in [2.24, 2.45) is 0 Å². The molecule has 0 bridgehead atoms. The minimum atomic E-state index is 0. The van der Waals surface area contributed by atoms with Gasteiger partial charge < -0.3 is 12.4 Å². The van der Waals surface area contributed by atoms with Crippen LogP contribution < -0.4 is 12.4 Å². The average molecular weight is 663 g/mol. The largest absolute Gasteiger partial charge is 1.00 e. The first kappa shape index (κ1) is 37.9. The zero-order chi connectivity index (χ0) is 24.9. The van der Waals surface area contributed by atoms with Crippen molar-refractivity contribution < 1.29 is 31.9 Å². The van der Waals surface area contributed by atoms with Gasteiger partial charge in [-0.2, -0.15) is 18.6 Å². The number of aryl methyl sites for hydroxylation is 3. The normalized spacial score (nSPS) is 19.8. The summed E-state index contributed by atoms with van der Waals surface area (Å²) in [6, 6.07) is 7.47. The molecule has 0 nitrogen and oxygen atoms in total. The van der Waals surface area contributed by atoms with E-state index in [2.05, 4.69) is 39.0 Å². The fourth-order valence-corrected chi connectivity index (χ4v) is 11.3. The molecule has 0 aliphatic heterocycles. The summed E-state index contributed by atoms with van der Waals surface area (Å²) >= 11 is 0. The third-order valence-corrected chi connectivity index (χ3v) is 12.2. The summed E-state index contributed by atoms with van der Waals surface area (Å²) < 4.78 is 0. The van der Waals surface area contributed by atoms with Crippen molar-refractivity contribution in [3.8, 4) is 0 Å². The third-order valence-electron chi connectivity index (χ3n) is 8.07. The van der Waals surface area contributed by atoms with E-state index < -0.39 is 0 Å². The van der Waals surface area contributed by atoms with Crippen LogP contribution in [0, 0.1) is 39.8 Å². The van der Waals surface area contributed by atoms with Crippen LogP contribution in [0.15, 0.2) is 42.0 Å². The third kappa shape index (κ3) is 14.0. The van der Waals surface area contributed by atoms with Crippen LogP contribution in [0.2, 0.25) is 0 Å². The van der Waals surface area contributed by atoms with E-state index in [0.717, 1.165) is 5.57 Å². The van der Waals surface area contributed by atoms with Crippen LogP contribution in [-0.2, 0) is 19.5 Å². The number of hydrogen-bond donors (Lipinski definition) is 0. The topological polar surface area (TPSA) is 0 Å². The molecule has 38 heavy (non-hydrogen) atoms. The summed E-state index contributed by atoms with van der Waals surface area (Å²) in [4.78, 5) is 0. The summed E-state index contributed by atoms with van der Waals surface area (Å²) in [5.41, 5.74) is 8.17. The van der Waals surface area contributed by atoms with Gasteiger partial charge in [0.25, 0.3) is 0 Å². The van der Waals surface area contributed by atoms with Gasteiger partial charge in [-0.25, -0.2) is 0 Å². The SMILES string of the molecule is C1CCC(P(C2CCCCC2)C2CCCCC2)CC1.Cc1[c]c(C)cc(C)c1.Cl.[CH+]=C1C=C[CH-]C=C1.[Cl-].[Ru+]. The van der Waals surface area contributed by atoms with E-state index in [0.29, 0.717) is 7.92 Å². The Hall–Kier alpha value is -0.147. The molecule has 0 aromatic heterocycles. The number of benzene rings is 1. The molecule has 1 aromatic rings. The maximum Gasteiger partial charge on any atom is 1.00 e. The molecule has 0 amide bonds. The monoisotopic (exact) mass is 662 g/mol. The molecule has 5 rings (SSSR count). The predicted molar refractivity (Wildman–Crippen MR) is 165 cm³/mol. The van der Waals surface area contributed by atoms with Gasteiger partial charge in [0.2, 0.25) is 0 Å². The molecule has 0 N–H and O–H groups in total. The van der Waals surface area contributed by atoms with Crippen LogP contribution in [0.1, 0.15) is 113 Å². The maximum atomic E-state index is 5.36. The second-order valence-electron chi connectivity index (χ2n) is 11.3. The van der Waals surface area contributed by atoms with Crippen molar-refractivity contribution in [3.05, 3.63) is 77.8 Å². The van der Waals surface area contributed by atoms with Crippen LogP contribution >= 0.6 is 20.3 Å². The van der Waals surface area contributed by atoms with Gasteiger partial charge in [0, 0.05) is 0 Å². The fourth-order valence-electron chi connectivity index (χ4n) is 6.59. The number of rotatable bonds is 3. The number of halogens is 2. The summed E-state index contributed by atoms with van der Waals surface area (Å²) in [7, 11) is 0.385. The summed E-state index contributed by atoms with van der Waals surface area (Å²) in [5.74, 6) is 0. The van der Waals surface area contributed by atoms with Crippen molar-refractivity contribution in [3.63, 3.8) is 0 Å². The van der Waals surface area contributed by atoms with Gasteiger partial charge >= 0.3 is 19.5 Å². The Labute approximate surface area is 262 Å². The second-order valence-corrected chi connectivity index (χ2v) is 14.3. The molecule has 1 aromatic carbocycles. The van der Waals surface area contributed by atoms with Crippen LogP contribution in [0.5, 0.6) is 0 Å². The van der Waals surface area contributed by atoms with Gasteiger partial charge in [0.15, 0.2) is 0 Å². The van der Waals surface area contributed by atoms with Crippen molar-refractivity contribution >= 4 is 20.3 Å². The Morgan fingerprint density at radius 2 is 1.03 bits per heavy atom. The Balaban J connectivity index is 0.000000607. The molecule has 0 unspecified atom stereocenters. The van der Waals surface area contributed by atoms with Crippen molar-refractivity contribution in [1.29, 1.82) is 0 Å². The molecule has 0 heterocycles. The van der Waals surface area contributed by atoms with Gasteiger partial charge in [-0.3, -0.25) is 0 Å². The van der Waals surface area contributed by atoms with Gasteiger partial charge in [0.1, 0.15) is 0 Å². The molecule has 0 spiro atoms. The first-order valence-electron chi connectivity index (χ1n) is 14.6. The van der Waals surface area contributed by atoms with Crippen LogP contribution in [0.4, 0.5) is 0 Å². The number of hydrogen-bond acceptors (Lipinski definition) is 0. The molecule has 0 atom stereocenters. The molecular formula is C34H51Cl2PRu. The second kappa shape index (κ2) is 21.6. The molecule has 4 heteroatoms. The standard InChI is InChI=1S/C18H33P.C9H11.C7H6.2ClH.Ru/c1-4-10-16(11-5-1)19(17-12-6-2-7-13-17)18-14-8-3-9-15-18;1-7-4-8(2)6-9(3)5-7;1-7-5-3-2-4-6-7;;;/h16-18H,1-15H2;4-5H,1-3H3;1-6H;2*1H;/q;;;;;+1/p-1. The number of allylic oxidation sites excluding steroid dienone is 5. The molecule has 0 saturated heterocycles. The summed E-state index contributed by atoms with van der Waals surface area (Å²) in [6.07, 6.45) is 33.1. The minimum Gasteiger partial charge on any atom is -1.00 e. The van der Waals surface area contributed by atoms with Gasteiger partial charge in [-0.15, -0.1) is 24.6 Å². The van der Waals surface area contributed by atoms with Gasteiger partial charge in [-0.1, -0.05) is 90.0 Å².